The molecular formula is C61H114N2O7P+. The molecule has 414 valence electrons. The second-order valence-electron chi connectivity index (χ2n) is 21.2. The van der Waals surface area contributed by atoms with Crippen LogP contribution in [0.2, 0.25) is 0 Å². The van der Waals surface area contributed by atoms with Crippen LogP contribution in [-0.4, -0.2) is 74.3 Å². The summed E-state index contributed by atoms with van der Waals surface area (Å²) < 4.78 is 30.6. The van der Waals surface area contributed by atoms with Crippen LogP contribution in [0.4, 0.5) is 0 Å². The maximum absolute atomic E-state index is 13.5. The molecule has 0 bridgehead atoms. The van der Waals surface area contributed by atoms with E-state index < -0.39 is 20.0 Å². The Labute approximate surface area is 439 Å². The van der Waals surface area contributed by atoms with Gasteiger partial charge >= 0.3 is 13.8 Å². The van der Waals surface area contributed by atoms with Crippen LogP contribution in [0.1, 0.15) is 265 Å². The van der Waals surface area contributed by atoms with Crippen molar-refractivity contribution in [1.29, 1.82) is 0 Å². The highest BCUT2D eigenvalue weighted by Crippen LogP contribution is 2.43. The first kappa shape index (κ1) is 68.7. The number of quaternary nitrogens is 1. The lowest BCUT2D eigenvalue weighted by Crippen LogP contribution is -2.47. The predicted octanol–water partition coefficient (Wildman–Crippen LogP) is 17.9. The molecule has 9 nitrogen and oxygen atoms in total. The van der Waals surface area contributed by atoms with Crippen molar-refractivity contribution in [2.24, 2.45) is 0 Å². The minimum Gasteiger partial charge on any atom is -0.456 e. The Kier molecular flexibility index (Phi) is 49.6. The van der Waals surface area contributed by atoms with Gasteiger partial charge in [0.15, 0.2) is 0 Å². The van der Waals surface area contributed by atoms with Gasteiger partial charge in [0.25, 0.3) is 0 Å². The number of esters is 1. The Hall–Kier alpha value is -2.29. The van der Waals surface area contributed by atoms with E-state index in [1.165, 1.54) is 135 Å². The second kappa shape index (κ2) is 51.2. The summed E-state index contributed by atoms with van der Waals surface area (Å²) >= 11 is 0. The van der Waals surface area contributed by atoms with Gasteiger partial charge in [0.1, 0.15) is 19.3 Å². The zero-order valence-corrected chi connectivity index (χ0v) is 48.1. The summed E-state index contributed by atoms with van der Waals surface area (Å²) in [4.78, 5) is 37.6. The zero-order valence-electron chi connectivity index (χ0n) is 47.2. The molecule has 0 aromatic carbocycles. The highest BCUT2D eigenvalue weighted by molar-refractivity contribution is 7.47. The fraction of sp³-hybridized carbons (Fsp3) is 0.803. The van der Waals surface area contributed by atoms with E-state index in [0.29, 0.717) is 23.9 Å². The number of rotatable bonds is 53. The van der Waals surface area contributed by atoms with Crippen molar-refractivity contribution in [3.05, 3.63) is 60.8 Å². The van der Waals surface area contributed by atoms with Gasteiger partial charge in [-0.15, -0.1) is 0 Å². The van der Waals surface area contributed by atoms with Crippen molar-refractivity contribution in [2.45, 2.75) is 277 Å². The molecule has 0 rings (SSSR count). The van der Waals surface area contributed by atoms with Gasteiger partial charge in [-0.05, 0) is 96.0 Å². The lowest BCUT2D eigenvalue weighted by Gasteiger charge is -2.27. The van der Waals surface area contributed by atoms with Gasteiger partial charge in [-0.25, -0.2) is 4.57 Å². The topological polar surface area (TPSA) is 111 Å². The zero-order chi connectivity index (χ0) is 52.2. The molecule has 3 unspecified atom stereocenters. The Bertz CT molecular complexity index is 1400. The summed E-state index contributed by atoms with van der Waals surface area (Å²) in [6.07, 6.45) is 63.5. The molecule has 0 aromatic rings. The number of nitrogens with zero attached hydrogens (tertiary/aromatic N) is 1. The molecule has 0 aliphatic rings. The highest BCUT2D eigenvalue weighted by atomic mass is 31.2. The van der Waals surface area contributed by atoms with E-state index in [0.717, 1.165) is 89.9 Å². The van der Waals surface area contributed by atoms with Crippen molar-refractivity contribution in [3.8, 4) is 0 Å². The van der Waals surface area contributed by atoms with Crippen LogP contribution in [0, 0.1) is 0 Å². The van der Waals surface area contributed by atoms with E-state index in [2.05, 4.69) is 74.7 Å². The molecule has 71 heavy (non-hydrogen) atoms. The molecule has 0 aromatic heterocycles. The van der Waals surface area contributed by atoms with Crippen LogP contribution in [0.5, 0.6) is 0 Å². The number of nitrogens with one attached hydrogen (secondary N) is 1. The van der Waals surface area contributed by atoms with Crippen molar-refractivity contribution >= 4 is 19.7 Å². The van der Waals surface area contributed by atoms with Crippen molar-refractivity contribution in [2.75, 3.05) is 40.9 Å². The number of hydrogen-bond donors (Lipinski definition) is 2. The van der Waals surface area contributed by atoms with Gasteiger partial charge in [-0.2, -0.15) is 0 Å². The molecule has 0 fully saturated rings. The first-order valence-corrected chi connectivity index (χ1v) is 31.1. The number of likely N-dealkylation sites (N-methyl/N-ethyl adjacent to an activating group) is 1. The number of carbonyl (C=O) groups is 2. The molecule has 3 atom stereocenters. The lowest BCUT2D eigenvalue weighted by atomic mass is 10.1. The first-order chi connectivity index (χ1) is 34.4. The fourth-order valence-electron chi connectivity index (χ4n) is 8.29. The number of phosphoric ester groups is 1. The number of hydrogen-bond acceptors (Lipinski definition) is 6. The van der Waals surface area contributed by atoms with Crippen molar-refractivity contribution in [1.82, 2.24) is 5.32 Å². The summed E-state index contributed by atoms with van der Waals surface area (Å²) in [7, 11) is 1.48. The first-order valence-electron chi connectivity index (χ1n) is 29.6. The minimum absolute atomic E-state index is 0.0344. The van der Waals surface area contributed by atoms with Crippen molar-refractivity contribution < 1.29 is 37.3 Å². The van der Waals surface area contributed by atoms with E-state index >= 15 is 0 Å². The SMILES string of the molecule is CCCCC/C=C\C/C=C\C/C=C\CCCCCCC(=O)OC(/C=C/CCCCCCCCCCC)C(COP(=O)(O)OCC[N+](C)(C)C)NC(=O)CCCCCCCCC/C=C/CCCCCCCC. The Morgan fingerprint density at radius 3 is 1.32 bits per heavy atom. The Morgan fingerprint density at radius 2 is 0.859 bits per heavy atom. The quantitative estimate of drug-likeness (QED) is 0.0205. The van der Waals surface area contributed by atoms with E-state index in [1.54, 1.807) is 0 Å². The van der Waals surface area contributed by atoms with E-state index in [4.69, 9.17) is 13.8 Å². The predicted molar refractivity (Wildman–Crippen MR) is 305 cm³/mol. The van der Waals surface area contributed by atoms with Gasteiger partial charge < -0.3 is 19.4 Å². The van der Waals surface area contributed by atoms with Crippen LogP contribution < -0.4 is 5.32 Å². The number of amides is 1. The number of allylic oxidation sites excluding steroid dienone is 9. The molecular weight excluding hydrogens is 904 g/mol. The Morgan fingerprint density at radius 1 is 0.493 bits per heavy atom. The van der Waals surface area contributed by atoms with Crippen LogP contribution in [0.3, 0.4) is 0 Å². The van der Waals surface area contributed by atoms with Crippen LogP contribution in [0.15, 0.2) is 60.8 Å². The van der Waals surface area contributed by atoms with Gasteiger partial charge in [0, 0.05) is 12.8 Å². The van der Waals surface area contributed by atoms with Crippen LogP contribution in [-0.2, 0) is 27.9 Å². The summed E-state index contributed by atoms with van der Waals surface area (Å²) in [6, 6.07) is -0.859. The molecule has 0 spiro atoms. The highest BCUT2D eigenvalue weighted by Gasteiger charge is 2.30. The molecule has 0 aliphatic heterocycles. The number of carbonyl (C=O) groups excluding carboxylic acids is 2. The third kappa shape index (κ3) is 52.4. The van der Waals surface area contributed by atoms with Gasteiger partial charge in [-0.1, -0.05) is 217 Å². The van der Waals surface area contributed by atoms with Crippen LogP contribution >= 0.6 is 7.82 Å². The summed E-state index contributed by atoms with van der Waals surface area (Å²) in [5, 5.41) is 3.04. The van der Waals surface area contributed by atoms with Gasteiger partial charge in [0.2, 0.25) is 5.91 Å². The molecule has 10 heteroatoms. The molecule has 2 N–H and O–H groups in total. The number of ether oxygens (including phenoxy) is 1. The molecule has 0 radical (unpaired) electrons. The van der Waals surface area contributed by atoms with E-state index in [1.807, 2.05) is 33.3 Å². The minimum atomic E-state index is -4.45. The summed E-state index contributed by atoms with van der Waals surface area (Å²) in [6.45, 7) is 6.96. The molecule has 0 aliphatic carbocycles. The van der Waals surface area contributed by atoms with E-state index in [-0.39, 0.29) is 31.5 Å². The molecule has 0 heterocycles. The molecule has 0 saturated carbocycles. The normalized spacial score (nSPS) is 14.2. The monoisotopic (exact) mass is 1020 g/mol. The van der Waals surface area contributed by atoms with Gasteiger partial charge in [0.05, 0.1) is 33.8 Å². The largest absolute Gasteiger partial charge is 0.472 e. The Balaban J connectivity index is 5.33. The third-order valence-electron chi connectivity index (χ3n) is 12.9. The number of unbranched alkanes of at least 4 members (excludes halogenated alkanes) is 29. The smallest absolute Gasteiger partial charge is 0.456 e. The third-order valence-corrected chi connectivity index (χ3v) is 13.9. The van der Waals surface area contributed by atoms with Crippen molar-refractivity contribution in [3.63, 3.8) is 0 Å². The second-order valence-corrected chi connectivity index (χ2v) is 22.6. The number of phosphoric acid groups is 1. The average Bonchev–Trinajstić information content (AvgIpc) is 3.33. The fourth-order valence-corrected chi connectivity index (χ4v) is 9.03. The van der Waals surface area contributed by atoms with E-state index in [9.17, 15) is 19.0 Å². The standard InChI is InChI=1S/C61H113N2O7P/c1-7-10-13-16-19-22-25-27-29-31-33-35-38-41-44-47-50-53-60(64)62-58(57-69-71(66,67)68-56-55-63(4,5)6)59(52-49-46-43-40-37-24-21-18-15-12-9-3)70-61(65)54-51-48-45-42-39-36-34-32-30-28-26-23-20-17-14-11-8-2/h20,23,27-30,34,36,49,52,58-59H,7-19,21-22,24-26,31-33,35,37-48,50-51,53-57H2,1-6H3,(H-,62,64,66,67)/p+1/b23-20-,29-27+,30-28-,36-34-,52-49+. The average molecular weight is 1020 g/mol. The molecule has 0 saturated heterocycles. The van der Waals surface area contributed by atoms with Crippen LogP contribution in [0.25, 0.3) is 0 Å². The maximum Gasteiger partial charge on any atom is 0.472 e. The summed E-state index contributed by atoms with van der Waals surface area (Å²) in [5.74, 6) is -0.533. The lowest BCUT2D eigenvalue weighted by molar-refractivity contribution is -0.870. The molecule has 1 amide bonds. The van der Waals surface area contributed by atoms with Gasteiger partial charge in [-0.3, -0.25) is 18.6 Å². The summed E-state index contributed by atoms with van der Waals surface area (Å²) in [5.41, 5.74) is 0. The maximum atomic E-state index is 13.5.